The first-order valence-corrected chi connectivity index (χ1v) is 18.1. The number of fused-ring (bicyclic) bond motifs is 1. The summed E-state index contributed by atoms with van der Waals surface area (Å²) in [5, 5.41) is 5.18. The first kappa shape index (κ1) is 32.4. The van der Waals surface area contributed by atoms with Crippen molar-refractivity contribution < 1.29 is 18.7 Å². The van der Waals surface area contributed by atoms with E-state index in [1.54, 1.807) is 17.6 Å². The van der Waals surface area contributed by atoms with Crippen LogP contribution in [-0.4, -0.2) is 49.1 Å². The van der Waals surface area contributed by atoms with Crippen molar-refractivity contribution in [1.82, 2.24) is 9.88 Å². The largest absolute Gasteiger partial charge is 0.483 e. The van der Waals surface area contributed by atoms with Gasteiger partial charge in [0.15, 0.2) is 0 Å². The van der Waals surface area contributed by atoms with Gasteiger partial charge >= 0.3 is 15.6 Å². The maximum Gasteiger partial charge on any atom is 0.483 e. The maximum absolute atomic E-state index is 14.5. The zero-order valence-electron chi connectivity index (χ0n) is 26.6. The summed E-state index contributed by atoms with van der Waals surface area (Å²) in [5.74, 6) is -0.728. The van der Waals surface area contributed by atoms with Crippen LogP contribution in [0, 0.1) is 5.82 Å². The number of aromatic nitrogens is 1. The molecule has 0 bridgehead atoms. The minimum Gasteiger partial charge on any atom is -0.443 e. The Morgan fingerprint density at radius 2 is 1.98 bits per heavy atom. The van der Waals surface area contributed by atoms with Gasteiger partial charge in [0.1, 0.15) is 16.5 Å². The molecule has 44 heavy (non-hydrogen) atoms. The zero-order chi connectivity index (χ0) is 31.6. The predicted octanol–water partition coefficient (Wildman–Crippen LogP) is 8.77. The van der Waals surface area contributed by atoms with Crippen LogP contribution in [0.3, 0.4) is 0 Å². The lowest BCUT2D eigenvalue weighted by Crippen LogP contribution is -2.58. The van der Waals surface area contributed by atoms with Gasteiger partial charge in [-0.15, -0.1) is 11.3 Å². The normalized spacial score (nSPS) is 22.6. The molecular weight excluding hydrogens is 590 g/mol. The highest BCUT2D eigenvalue weighted by atomic mass is 32.1. The molecule has 2 amide bonds. The topological polar surface area (TPSA) is 71.5 Å². The van der Waals surface area contributed by atoms with E-state index in [-0.39, 0.29) is 52.7 Å². The quantitative estimate of drug-likeness (QED) is 0.214. The Morgan fingerprint density at radius 3 is 2.64 bits per heavy atom. The minimum absolute atomic E-state index is 0.0263. The number of cyclic esters (lactones) is 1. The van der Waals surface area contributed by atoms with E-state index in [2.05, 4.69) is 30.7 Å². The maximum atomic E-state index is 14.5. The van der Waals surface area contributed by atoms with E-state index in [0.717, 1.165) is 64.1 Å². The van der Waals surface area contributed by atoms with E-state index >= 15 is 0 Å². The summed E-state index contributed by atoms with van der Waals surface area (Å²) in [6.45, 7) is 12.7. The standard InChI is InChI=1S/C35H44FN3O3SSi/c1-22(28-20-43-21-37-28)32(40)38-26-14-12-23(13-15-26)31-30-17-16-29(39(30)33(41)42-35(31,4)5)27(11-8-18-34(2,3)44-6)24-9-7-10-25(36)19-24/h7,9-10,12-15,19-22,27,29-31H,8,11,16-18H2,1-6H3,(H,38,40)/q+1/t22?,27-,29-,30+,31?/m1/s1. The van der Waals surface area contributed by atoms with Crippen LogP contribution in [0.5, 0.6) is 0 Å². The third-order valence-electron chi connectivity index (χ3n) is 9.73. The van der Waals surface area contributed by atoms with Crippen molar-refractivity contribution in [2.75, 3.05) is 5.32 Å². The van der Waals surface area contributed by atoms with Gasteiger partial charge in [0.2, 0.25) is 5.91 Å². The molecule has 5 rings (SSSR count). The van der Waals surface area contributed by atoms with Crippen LogP contribution in [0.4, 0.5) is 14.9 Å². The number of nitrogens with zero attached hydrogens (tertiary/aromatic N) is 2. The molecule has 2 aliphatic rings. The third-order valence-corrected chi connectivity index (χ3v) is 11.9. The number of hydrogen-bond donors (Lipinski definition) is 1. The number of rotatable bonds is 11. The third kappa shape index (κ3) is 6.94. The molecule has 2 aliphatic heterocycles. The molecule has 1 radical (unpaired) electrons. The van der Waals surface area contributed by atoms with E-state index in [0.29, 0.717) is 0 Å². The Labute approximate surface area is 267 Å². The van der Waals surface area contributed by atoms with Crippen LogP contribution in [0.1, 0.15) is 101 Å². The summed E-state index contributed by atoms with van der Waals surface area (Å²) >= 11 is 1.48. The Hall–Kier alpha value is -3.04. The molecule has 1 N–H and O–H groups in total. The van der Waals surface area contributed by atoms with Gasteiger partial charge in [-0.1, -0.05) is 24.3 Å². The molecule has 0 spiro atoms. The second kappa shape index (κ2) is 13.1. The Balaban J connectivity index is 1.38. The molecule has 0 aliphatic carbocycles. The fourth-order valence-electron chi connectivity index (χ4n) is 7.09. The lowest BCUT2D eigenvalue weighted by molar-refractivity contribution is -0.117. The zero-order valence-corrected chi connectivity index (χ0v) is 28.4. The number of benzene rings is 2. The molecule has 1 aromatic heterocycles. The second-order valence-electron chi connectivity index (χ2n) is 13.5. The highest BCUT2D eigenvalue weighted by molar-refractivity contribution is 7.07. The van der Waals surface area contributed by atoms with Gasteiger partial charge in [0, 0.05) is 35.0 Å². The molecule has 0 saturated carbocycles. The number of hydrogen-bond acceptors (Lipinski definition) is 5. The fourth-order valence-corrected chi connectivity index (χ4v) is 8.16. The number of carbonyl (C=O) groups excluding carboxylic acids is 2. The van der Waals surface area contributed by atoms with Crippen molar-refractivity contribution in [3.8, 4) is 0 Å². The summed E-state index contributed by atoms with van der Waals surface area (Å²) in [6.07, 6.45) is 4.41. The molecular formula is C35H44FN3O3SSi+. The average molecular weight is 634 g/mol. The van der Waals surface area contributed by atoms with Gasteiger partial charge in [-0.3, -0.25) is 4.79 Å². The Kier molecular flexibility index (Phi) is 9.66. The Bertz CT molecular complexity index is 1450. The summed E-state index contributed by atoms with van der Waals surface area (Å²) in [5.41, 5.74) is 4.52. The van der Waals surface area contributed by atoms with Gasteiger partial charge in [0.25, 0.3) is 0 Å². The van der Waals surface area contributed by atoms with Gasteiger partial charge in [-0.25, -0.2) is 14.2 Å². The molecule has 5 atom stereocenters. The van der Waals surface area contributed by atoms with Crippen LogP contribution >= 0.6 is 11.3 Å². The van der Waals surface area contributed by atoms with Gasteiger partial charge in [0.05, 0.1) is 23.7 Å². The second-order valence-corrected chi connectivity index (χ2v) is 16.1. The number of halogens is 1. The van der Waals surface area contributed by atoms with Crippen molar-refractivity contribution in [3.63, 3.8) is 0 Å². The van der Waals surface area contributed by atoms with Crippen molar-refractivity contribution >= 4 is 38.5 Å². The lowest BCUT2D eigenvalue weighted by Gasteiger charge is -2.49. The highest BCUT2D eigenvalue weighted by Crippen LogP contribution is 2.50. The van der Waals surface area contributed by atoms with Crippen LogP contribution in [-0.2, 0) is 9.53 Å². The van der Waals surface area contributed by atoms with Crippen LogP contribution < -0.4 is 5.32 Å². The first-order chi connectivity index (χ1) is 20.9. The molecule has 3 heterocycles. The van der Waals surface area contributed by atoms with Crippen LogP contribution in [0.25, 0.3) is 0 Å². The van der Waals surface area contributed by atoms with Crippen molar-refractivity contribution in [2.45, 2.75) is 114 Å². The van der Waals surface area contributed by atoms with Crippen LogP contribution in [0.15, 0.2) is 59.4 Å². The van der Waals surface area contributed by atoms with Crippen molar-refractivity contribution in [1.29, 1.82) is 0 Å². The smallest absolute Gasteiger partial charge is 0.443 e. The summed E-state index contributed by atoms with van der Waals surface area (Å²) in [4.78, 5) is 32.8. The monoisotopic (exact) mass is 633 g/mol. The number of anilines is 1. The SMILES string of the molecule is C[Si+]C(C)(C)CCC[C@H](c1cccc(F)c1)[C@H]1CC[C@H]2C(c3ccc(NC(=O)C(C)c4cscn4)cc3)C(C)(C)OC(=O)N12. The molecule has 6 nitrogen and oxygen atoms in total. The van der Waals surface area contributed by atoms with Crippen molar-refractivity contribution in [3.05, 3.63) is 82.1 Å². The van der Waals surface area contributed by atoms with E-state index in [4.69, 9.17) is 4.74 Å². The molecule has 2 aromatic carbocycles. The molecule has 9 heteroatoms. The Morgan fingerprint density at radius 1 is 1.23 bits per heavy atom. The van der Waals surface area contributed by atoms with E-state index < -0.39 is 5.60 Å². The van der Waals surface area contributed by atoms with E-state index in [1.165, 1.54) is 17.4 Å². The molecule has 2 saturated heterocycles. The lowest BCUT2D eigenvalue weighted by atomic mass is 9.77. The molecule has 2 fully saturated rings. The first-order valence-electron chi connectivity index (χ1n) is 15.6. The van der Waals surface area contributed by atoms with Gasteiger partial charge < -0.3 is 15.0 Å². The number of ether oxygens (including phenoxy) is 1. The number of thiazole rings is 1. The average Bonchev–Trinajstić information content (AvgIpc) is 3.66. The van der Waals surface area contributed by atoms with E-state index in [1.807, 2.05) is 61.4 Å². The van der Waals surface area contributed by atoms with Crippen LogP contribution in [0.2, 0.25) is 11.6 Å². The van der Waals surface area contributed by atoms with Gasteiger partial charge in [-0.05, 0) is 102 Å². The number of nitrogens with one attached hydrogen (secondary N) is 1. The number of carbonyl (C=O) groups is 2. The molecule has 3 aromatic rings. The fraction of sp³-hybridized carbons (Fsp3) is 0.514. The highest BCUT2D eigenvalue weighted by Gasteiger charge is 2.55. The molecule has 233 valence electrons. The minimum atomic E-state index is -0.711. The van der Waals surface area contributed by atoms with E-state index in [9.17, 15) is 14.0 Å². The summed E-state index contributed by atoms with van der Waals surface area (Å²) < 4.78 is 20.6. The predicted molar refractivity (Wildman–Crippen MR) is 176 cm³/mol. The summed E-state index contributed by atoms with van der Waals surface area (Å²) in [7, 11) is 0.850. The number of amides is 2. The summed E-state index contributed by atoms with van der Waals surface area (Å²) in [6, 6.07) is 14.7. The molecule has 2 unspecified atom stereocenters. The van der Waals surface area contributed by atoms with Crippen molar-refractivity contribution in [2.24, 2.45) is 0 Å². The van der Waals surface area contributed by atoms with Gasteiger partial charge in [-0.2, -0.15) is 0 Å².